The fourth-order valence-corrected chi connectivity index (χ4v) is 4.08. The molecule has 1 heterocycles. The number of carbonyl (C=O) groups is 4. The van der Waals surface area contributed by atoms with Crippen molar-refractivity contribution in [2.24, 2.45) is 5.92 Å². The third-order valence-corrected chi connectivity index (χ3v) is 5.89. The second kappa shape index (κ2) is 12.5. The van der Waals surface area contributed by atoms with Gasteiger partial charge in [-0.3, -0.25) is 24.4 Å². The molecule has 3 atom stereocenters. The Morgan fingerprint density at radius 2 is 1.65 bits per heavy atom. The normalized spacial score (nSPS) is 18.0. The maximum absolute atomic E-state index is 13.2. The van der Waals surface area contributed by atoms with Crippen LogP contribution in [0.1, 0.15) is 43.6 Å². The second-order valence-electron chi connectivity index (χ2n) is 8.29. The van der Waals surface area contributed by atoms with Gasteiger partial charge in [-0.05, 0) is 30.5 Å². The van der Waals surface area contributed by atoms with Crippen LogP contribution in [-0.4, -0.2) is 41.4 Å². The summed E-state index contributed by atoms with van der Waals surface area (Å²) in [6.07, 6.45) is 2.26. The van der Waals surface area contributed by atoms with E-state index in [1.54, 1.807) is 29.7 Å². The Kier molecular flexibility index (Phi) is 9.16. The third-order valence-electron chi connectivity index (χ3n) is 5.89. The van der Waals surface area contributed by atoms with Crippen LogP contribution in [-0.2, 0) is 19.2 Å². The summed E-state index contributed by atoms with van der Waals surface area (Å²) in [4.78, 5) is 49.9. The molecule has 0 bridgehead atoms. The lowest BCUT2D eigenvalue weighted by Gasteiger charge is -2.22. The highest BCUT2D eigenvalue weighted by Crippen LogP contribution is 2.29. The van der Waals surface area contributed by atoms with E-state index in [9.17, 15) is 19.2 Å². The first-order chi connectivity index (χ1) is 16.5. The molecule has 9 heteroatoms. The van der Waals surface area contributed by atoms with Crippen LogP contribution < -0.4 is 21.4 Å². The Morgan fingerprint density at radius 3 is 2.32 bits per heavy atom. The summed E-state index contributed by atoms with van der Waals surface area (Å²) in [5, 5.41) is 16.9. The van der Waals surface area contributed by atoms with Crippen LogP contribution in [0.3, 0.4) is 0 Å². The summed E-state index contributed by atoms with van der Waals surface area (Å²) in [5.41, 5.74) is 3.08. The lowest BCUT2D eigenvalue weighted by atomic mass is 9.87. The molecule has 5 N–H and O–H groups in total. The summed E-state index contributed by atoms with van der Waals surface area (Å²) >= 11 is 0. The van der Waals surface area contributed by atoms with Gasteiger partial charge in [0.15, 0.2) is 0 Å². The maximum Gasteiger partial charge on any atom is 0.246 e. The molecule has 0 spiro atoms. The lowest BCUT2D eigenvalue weighted by Crippen LogP contribution is -2.48. The third kappa shape index (κ3) is 6.89. The van der Waals surface area contributed by atoms with Crippen molar-refractivity contribution in [2.45, 2.75) is 44.1 Å². The fraction of sp³-hybridized carbons (Fsp3) is 0.360. The number of rotatable bonds is 11. The molecule has 2 unspecified atom stereocenters. The summed E-state index contributed by atoms with van der Waals surface area (Å²) in [7, 11) is 0. The van der Waals surface area contributed by atoms with Crippen molar-refractivity contribution >= 4 is 29.3 Å². The van der Waals surface area contributed by atoms with Gasteiger partial charge in [-0.15, -0.1) is 0 Å². The first kappa shape index (κ1) is 24.9. The molecule has 1 fully saturated rings. The van der Waals surface area contributed by atoms with Gasteiger partial charge in [0.1, 0.15) is 12.0 Å². The molecule has 2 aromatic carbocycles. The average Bonchev–Trinajstić information content (AvgIpc) is 3.25. The first-order valence-corrected chi connectivity index (χ1v) is 11.4. The van der Waals surface area contributed by atoms with E-state index in [0.29, 0.717) is 37.9 Å². The van der Waals surface area contributed by atoms with E-state index >= 15 is 0 Å². The highest BCUT2D eigenvalue weighted by Gasteiger charge is 2.42. The Hall–Kier alpha value is -3.72. The van der Waals surface area contributed by atoms with E-state index in [1.807, 2.05) is 36.4 Å². The van der Waals surface area contributed by atoms with Crippen LogP contribution in [0.5, 0.6) is 0 Å². The zero-order chi connectivity index (χ0) is 24.3. The van der Waals surface area contributed by atoms with E-state index in [0.717, 1.165) is 5.56 Å². The largest absolute Gasteiger partial charge is 0.355 e. The van der Waals surface area contributed by atoms with Crippen LogP contribution in [0.2, 0.25) is 0 Å². The molecule has 0 aliphatic carbocycles. The topological polar surface area (TPSA) is 137 Å². The zero-order valence-electron chi connectivity index (χ0n) is 18.8. The number of unbranched alkanes of at least 4 members (excludes halogenated alkanes) is 2. The predicted octanol–water partition coefficient (Wildman–Crippen LogP) is 2.10. The summed E-state index contributed by atoms with van der Waals surface area (Å²) < 4.78 is 0. The van der Waals surface area contributed by atoms with Crippen LogP contribution in [0.4, 0.5) is 5.69 Å². The molecule has 9 nitrogen and oxygen atoms in total. The van der Waals surface area contributed by atoms with Gasteiger partial charge in [-0.2, -0.15) is 0 Å². The van der Waals surface area contributed by atoms with Gasteiger partial charge in [-0.1, -0.05) is 61.4 Å². The standard InChI is InChI=1S/C25H30N4O5/c30-21(29-34)15-9-3-8-14-20(23(31)27-18-12-6-2-7-13-18)28-25(33)22-19(16-26-24(22)32)17-10-4-1-5-11-17/h1-2,4-7,10-13,19-20,22,34H,3,8-9,14-16H2,(H,26,32)(H,27,31)(H,28,33)(H,29,30)/t19?,20-,22?/m0/s1. The maximum atomic E-state index is 13.2. The minimum atomic E-state index is -0.928. The van der Waals surface area contributed by atoms with Crippen molar-refractivity contribution in [3.63, 3.8) is 0 Å². The highest BCUT2D eigenvalue weighted by molar-refractivity contribution is 6.05. The molecule has 180 valence electrons. The fourth-order valence-electron chi connectivity index (χ4n) is 4.08. The number of benzene rings is 2. The summed E-state index contributed by atoms with van der Waals surface area (Å²) in [5.74, 6) is -2.93. The molecule has 0 aromatic heterocycles. The Bertz CT molecular complexity index is 983. The highest BCUT2D eigenvalue weighted by atomic mass is 16.5. The molecular weight excluding hydrogens is 436 g/mol. The van der Waals surface area contributed by atoms with Crippen molar-refractivity contribution in [3.8, 4) is 0 Å². The van der Waals surface area contributed by atoms with E-state index in [2.05, 4.69) is 16.0 Å². The number of carbonyl (C=O) groups excluding carboxylic acids is 4. The van der Waals surface area contributed by atoms with Crippen LogP contribution in [0.25, 0.3) is 0 Å². The van der Waals surface area contributed by atoms with Gasteiger partial charge in [0.05, 0.1) is 0 Å². The number of hydrogen-bond acceptors (Lipinski definition) is 5. The molecule has 1 aliphatic rings. The summed E-state index contributed by atoms with van der Waals surface area (Å²) in [6.45, 7) is 0.356. The minimum absolute atomic E-state index is 0.171. The van der Waals surface area contributed by atoms with Crippen molar-refractivity contribution < 1.29 is 24.4 Å². The Balaban J connectivity index is 1.67. The first-order valence-electron chi connectivity index (χ1n) is 11.4. The van der Waals surface area contributed by atoms with Gasteiger partial charge in [-0.25, -0.2) is 5.48 Å². The number of nitrogens with one attached hydrogen (secondary N) is 4. The molecule has 1 aliphatic heterocycles. The smallest absolute Gasteiger partial charge is 0.246 e. The Labute approximate surface area is 198 Å². The quantitative estimate of drug-likeness (QED) is 0.150. The number of hydrogen-bond donors (Lipinski definition) is 5. The van der Waals surface area contributed by atoms with Crippen molar-refractivity contribution in [3.05, 3.63) is 66.2 Å². The van der Waals surface area contributed by atoms with E-state index in [4.69, 9.17) is 5.21 Å². The van der Waals surface area contributed by atoms with Gasteiger partial charge in [0, 0.05) is 24.6 Å². The molecular formula is C25H30N4O5. The molecule has 2 aromatic rings. The minimum Gasteiger partial charge on any atom is -0.355 e. The van der Waals surface area contributed by atoms with Gasteiger partial charge < -0.3 is 16.0 Å². The second-order valence-corrected chi connectivity index (χ2v) is 8.29. The Morgan fingerprint density at radius 1 is 0.971 bits per heavy atom. The van der Waals surface area contributed by atoms with Gasteiger partial charge in [0.2, 0.25) is 23.6 Å². The number of para-hydroxylation sites is 1. The molecule has 0 radical (unpaired) electrons. The average molecular weight is 467 g/mol. The van der Waals surface area contributed by atoms with Crippen LogP contribution in [0.15, 0.2) is 60.7 Å². The summed E-state index contributed by atoms with van der Waals surface area (Å²) in [6, 6.07) is 17.4. The van der Waals surface area contributed by atoms with Crippen molar-refractivity contribution in [1.82, 2.24) is 16.1 Å². The van der Waals surface area contributed by atoms with Crippen molar-refractivity contribution in [1.29, 1.82) is 0 Å². The number of hydroxylamine groups is 1. The van der Waals surface area contributed by atoms with Crippen LogP contribution in [0, 0.1) is 5.92 Å². The molecule has 1 saturated heterocycles. The molecule has 3 rings (SSSR count). The van der Waals surface area contributed by atoms with E-state index in [-0.39, 0.29) is 24.2 Å². The predicted molar refractivity (Wildman–Crippen MR) is 126 cm³/mol. The zero-order valence-corrected chi connectivity index (χ0v) is 18.8. The van der Waals surface area contributed by atoms with E-state index < -0.39 is 23.8 Å². The molecule has 34 heavy (non-hydrogen) atoms. The van der Waals surface area contributed by atoms with Crippen molar-refractivity contribution in [2.75, 3.05) is 11.9 Å². The SMILES string of the molecule is O=C(CCCCC[C@H](NC(=O)C1C(=O)NCC1c1ccccc1)C(=O)Nc1ccccc1)NO. The monoisotopic (exact) mass is 466 g/mol. The van der Waals surface area contributed by atoms with E-state index in [1.165, 1.54) is 0 Å². The lowest BCUT2D eigenvalue weighted by molar-refractivity contribution is -0.135. The molecule has 4 amide bonds. The number of amides is 4. The molecule has 0 saturated carbocycles. The van der Waals surface area contributed by atoms with Gasteiger partial charge >= 0.3 is 0 Å². The van der Waals surface area contributed by atoms with Gasteiger partial charge in [0.25, 0.3) is 0 Å². The number of anilines is 1. The van der Waals surface area contributed by atoms with Crippen LogP contribution >= 0.6 is 0 Å².